The Bertz CT molecular complexity index is 781. The molecule has 18 heavy (non-hydrogen) atoms. The molecular formula is C16H15N2+. The van der Waals surface area contributed by atoms with Crippen LogP contribution in [-0.2, 0) is 13.6 Å². The topological polar surface area (TPSA) is 8.81 Å². The summed E-state index contributed by atoms with van der Waals surface area (Å²) in [6.45, 7) is 3.19. The zero-order valence-electron chi connectivity index (χ0n) is 10.6. The second-order valence-corrected chi connectivity index (χ2v) is 5.07. The molecule has 2 heteroatoms. The molecule has 0 saturated carbocycles. The highest BCUT2D eigenvalue weighted by Gasteiger charge is 2.32. The summed E-state index contributed by atoms with van der Waals surface area (Å²) in [4.78, 5) is 0. The van der Waals surface area contributed by atoms with E-state index in [9.17, 15) is 0 Å². The average molecular weight is 235 g/mol. The van der Waals surface area contributed by atoms with E-state index in [1.54, 1.807) is 0 Å². The zero-order valence-corrected chi connectivity index (χ0v) is 10.6. The lowest BCUT2D eigenvalue weighted by molar-refractivity contribution is -0.646. The molecule has 0 bridgehead atoms. The van der Waals surface area contributed by atoms with Crippen LogP contribution in [0.3, 0.4) is 0 Å². The van der Waals surface area contributed by atoms with Gasteiger partial charge < -0.3 is 0 Å². The first kappa shape index (κ1) is 9.89. The number of hydrogen-bond acceptors (Lipinski definition) is 0. The van der Waals surface area contributed by atoms with Gasteiger partial charge in [-0.1, -0.05) is 30.3 Å². The Labute approximate surface area is 106 Å². The van der Waals surface area contributed by atoms with Crippen molar-refractivity contribution in [3.63, 3.8) is 0 Å². The molecule has 4 rings (SSSR count). The SMILES string of the molecule is Cc1cccc2c1[n+]1c(n2C)-c2ccccc2C1. The van der Waals surface area contributed by atoms with Crippen LogP contribution in [0.5, 0.6) is 0 Å². The maximum atomic E-state index is 2.44. The number of imidazole rings is 1. The second-order valence-electron chi connectivity index (χ2n) is 5.07. The standard InChI is InChI=1S/C16H15N2/c1-11-6-5-9-14-15(11)18-10-12-7-3-4-8-13(12)16(18)17(14)2/h3-9H,10H2,1-2H3/q+1. The van der Waals surface area contributed by atoms with Gasteiger partial charge in [0, 0.05) is 11.1 Å². The molecule has 0 unspecified atom stereocenters. The van der Waals surface area contributed by atoms with Gasteiger partial charge in [0.1, 0.15) is 6.54 Å². The van der Waals surface area contributed by atoms with Crippen LogP contribution in [0, 0.1) is 6.92 Å². The second kappa shape index (κ2) is 3.22. The number of rotatable bonds is 0. The van der Waals surface area contributed by atoms with Gasteiger partial charge >= 0.3 is 0 Å². The van der Waals surface area contributed by atoms with Crippen molar-refractivity contribution in [2.24, 2.45) is 7.05 Å². The highest BCUT2D eigenvalue weighted by atomic mass is 15.2. The quantitative estimate of drug-likeness (QED) is 0.414. The summed E-state index contributed by atoms with van der Waals surface area (Å²) in [5.41, 5.74) is 6.83. The molecule has 2 aromatic carbocycles. The number of nitrogens with zero attached hydrogens (tertiary/aromatic N) is 2. The smallest absolute Gasteiger partial charge is 0.226 e. The van der Waals surface area contributed by atoms with Gasteiger partial charge in [-0.3, -0.25) is 0 Å². The van der Waals surface area contributed by atoms with Gasteiger partial charge in [0.15, 0.2) is 11.0 Å². The summed E-state index contributed by atoms with van der Waals surface area (Å²) in [5, 5.41) is 0. The molecule has 2 heterocycles. The fourth-order valence-electron chi connectivity index (χ4n) is 3.19. The monoisotopic (exact) mass is 235 g/mol. The van der Waals surface area contributed by atoms with Crippen LogP contribution in [-0.4, -0.2) is 4.57 Å². The van der Waals surface area contributed by atoms with Gasteiger partial charge in [-0.2, -0.15) is 0 Å². The first-order chi connectivity index (χ1) is 8.77. The number of fused-ring (bicyclic) bond motifs is 5. The molecule has 0 N–H and O–H groups in total. The van der Waals surface area contributed by atoms with Crippen LogP contribution in [0.15, 0.2) is 42.5 Å². The molecule has 88 valence electrons. The van der Waals surface area contributed by atoms with E-state index in [0.717, 1.165) is 6.54 Å². The zero-order chi connectivity index (χ0) is 12.3. The molecule has 0 spiro atoms. The van der Waals surface area contributed by atoms with Crippen LogP contribution in [0.2, 0.25) is 0 Å². The van der Waals surface area contributed by atoms with Gasteiger partial charge in [0.2, 0.25) is 0 Å². The summed E-state index contributed by atoms with van der Waals surface area (Å²) in [6.07, 6.45) is 0. The summed E-state index contributed by atoms with van der Waals surface area (Å²) in [7, 11) is 2.16. The molecular weight excluding hydrogens is 220 g/mol. The van der Waals surface area contributed by atoms with Crippen molar-refractivity contribution < 1.29 is 4.57 Å². The minimum Gasteiger partial charge on any atom is -0.226 e. The molecule has 0 saturated heterocycles. The van der Waals surface area contributed by atoms with E-state index in [-0.39, 0.29) is 0 Å². The third kappa shape index (κ3) is 1.05. The van der Waals surface area contributed by atoms with E-state index in [1.807, 2.05) is 0 Å². The van der Waals surface area contributed by atoms with Crippen LogP contribution >= 0.6 is 0 Å². The van der Waals surface area contributed by atoms with Crippen molar-refractivity contribution in [1.82, 2.24) is 4.57 Å². The van der Waals surface area contributed by atoms with Crippen molar-refractivity contribution in [3.05, 3.63) is 53.6 Å². The lowest BCUT2D eigenvalue weighted by Gasteiger charge is -1.97. The molecule has 1 aromatic heterocycles. The number of para-hydroxylation sites is 1. The Hall–Kier alpha value is -2.09. The Morgan fingerprint density at radius 3 is 2.78 bits per heavy atom. The number of benzene rings is 2. The number of aromatic nitrogens is 2. The molecule has 1 aliphatic heterocycles. The summed E-state index contributed by atoms with van der Waals surface area (Å²) in [5.74, 6) is 1.33. The predicted molar refractivity (Wildman–Crippen MR) is 72.4 cm³/mol. The van der Waals surface area contributed by atoms with Crippen molar-refractivity contribution in [1.29, 1.82) is 0 Å². The minimum atomic E-state index is 0.994. The van der Waals surface area contributed by atoms with E-state index in [4.69, 9.17) is 0 Å². The molecule has 0 amide bonds. The van der Waals surface area contributed by atoms with E-state index >= 15 is 0 Å². The largest absolute Gasteiger partial charge is 0.290 e. The van der Waals surface area contributed by atoms with Gasteiger partial charge in [0.25, 0.3) is 5.82 Å². The highest BCUT2D eigenvalue weighted by Crippen LogP contribution is 2.31. The first-order valence-corrected chi connectivity index (χ1v) is 6.33. The summed E-state index contributed by atoms with van der Waals surface area (Å²) >= 11 is 0. The first-order valence-electron chi connectivity index (χ1n) is 6.33. The van der Waals surface area contributed by atoms with E-state index < -0.39 is 0 Å². The van der Waals surface area contributed by atoms with Crippen molar-refractivity contribution >= 4 is 11.0 Å². The van der Waals surface area contributed by atoms with Gasteiger partial charge in [0.05, 0.1) is 12.6 Å². The molecule has 0 radical (unpaired) electrons. The highest BCUT2D eigenvalue weighted by molar-refractivity contribution is 5.80. The molecule has 1 aliphatic rings. The maximum Gasteiger partial charge on any atom is 0.290 e. The average Bonchev–Trinajstić information content (AvgIpc) is 2.87. The summed E-state index contributed by atoms with van der Waals surface area (Å²) in [6, 6.07) is 15.2. The van der Waals surface area contributed by atoms with Crippen LogP contribution < -0.4 is 4.57 Å². The van der Waals surface area contributed by atoms with E-state index in [0.29, 0.717) is 0 Å². The van der Waals surface area contributed by atoms with Crippen LogP contribution in [0.4, 0.5) is 0 Å². The lowest BCUT2D eigenvalue weighted by atomic mass is 10.1. The van der Waals surface area contributed by atoms with Crippen LogP contribution in [0.1, 0.15) is 11.1 Å². The maximum absolute atomic E-state index is 2.44. The number of hydrogen-bond donors (Lipinski definition) is 0. The Morgan fingerprint density at radius 2 is 1.89 bits per heavy atom. The van der Waals surface area contributed by atoms with E-state index in [2.05, 4.69) is 65.6 Å². The normalized spacial score (nSPS) is 12.8. The fourth-order valence-corrected chi connectivity index (χ4v) is 3.19. The van der Waals surface area contributed by atoms with Crippen LogP contribution in [0.25, 0.3) is 22.4 Å². The molecule has 0 aliphatic carbocycles. The van der Waals surface area contributed by atoms with Gasteiger partial charge in [-0.25, -0.2) is 9.13 Å². The summed E-state index contributed by atoms with van der Waals surface area (Å²) < 4.78 is 4.75. The predicted octanol–water partition coefficient (Wildman–Crippen LogP) is 2.80. The van der Waals surface area contributed by atoms with Crippen molar-refractivity contribution in [3.8, 4) is 11.4 Å². The molecule has 3 aromatic rings. The van der Waals surface area contributed by atoms with Gasteiger partial charge in [-0.15, -0.1) is 0 Å². The third-order valence-corrected chi connectivity index (χ3v) is 4.01. The van der Waals surface area contributed by atoms with E-state index in [1.165, 1.54) is 33.5 Å². The fraction of sp³-hybridized carbons (Fsp3) is 0.188. The van der Waals surface area contributed by atoms with Crippen molar-refractivity contribution in [2.45, 2.75) is 13.5 Å². The molecule has 2 nitrogen and oxygen atoms in total. The lowest BCUT2D eigenvalue weighted by Crippen LogP contribution is -2.31. The molecule has 0 atom stereocenters. The van der Waals surface area contributed by atoms with Gasteiger partial charge in [-0.05, 0) is 19.1 Å². The minimum absolute atomic E-state index is 0.994. The third-order valence-electron chi connectivity index (χ3n) is 4.01. The number of aryl methyl sites for hydroxylation is 2. The Morgan fingerprint density at radius 1 is 1.06 bits per heavy atom. The Balaban J connectivity index is 2.19. The molecule has 0 fully saturated rings. The Kier molecular flexibility index (Phi) is 1.77. The van der Waals surface area contributed by atoms with Crippen molar-refractivity contribution in [2.75, 3.05) is 0 Å².